The van der Waals surface area contributed by atoms with E-state index in [1.54, 1.807) is 0 Å². The first-order chi connectivity index (χ1) is 11.8. The zero-order valence-corrected chi connectivity index (χ0v) is 13.8. The Morgan fingerprint density at radius 2 is 1.80 bits per heavy atom. The number of anilines is 1. The lowest BCUT2D eigenvalue weighted by molar-refractivity contribution is -0.385. The first kappa shape index (κ1) is 18.6. The van der Waals surface area contributed by atoms with Crippen molar-refractivity contribution >= 4 is 46.5 Å². The summed E-state index contributed by atoms with van der Waals surface area (Å²) in [5.41, 5.74) is -1.07. The zero-order chi connectivity index (χ0) is 18.6. The fourth-order valence-electron chi connectivity index (χ4n) is 1.82. The number of benzene rings is 2. The molecule has 0 spiro atoms. The van der Waals surface area contributed by atoms with Crippen LogP contribution in [-0.2, 0) is 9.53 Å². The third-order valence-electron chi connectivity index (χ3n) is 2.91. The largest absolute Gasteiger partial charge is 0.452 e. The van der Waals surface area contributed by atoms with Crippen molar-refractivity contribution in [3.63, 3.8) is 0 Å². The first-order valence-electron chi connectivity index (χ1n) is 6.64. The molecule has 0 saturated heterocycles. The van der Waals surface area contributed by atoms with Crippen LogP contribution < -0.4 is 5.32 Å². The van der Waals surface area contributed by atoms with Gasteiger partial charge in [-0.1, -0.05) is 23.2 Å². The predicted octanol–water partition coefficient (Wildman–Crippen LogP) is 3.84. The van der Waals surface area contributed by atoms with E-state index in [0.717, 1.165) is 18.2 Å². The maximum Gasteiger partial charge on any atom is 0.345 e. The van der Waals surface area contributed by atoms with Gasteiger partial charge in [0.2, 0.25) is 0 Å². The van der Waals surface area contributed by atoms with Crippen molar-refractivity contribution in [3.8, 4) is 0 Å². The van der Waals surface area contributed by atoms with Crippen LogP contribution >= 0.6 is 23.2 Å². The molecule has 7 nitrogen and oxygen atoms in total. The molecule has 0 aliphatic heterocycles. The smallest absolute Gasteiger partial charge is 0.345 e. The van der Waals surface area contributed by atoms with E-state index < -0.39 is 40.5 Å². The van der Waals surface area contributed by atoms with Gasteiger partial charge in [-0.2, -0.15) is 0 Å². The molecule has 2 rings (SSSR count). The Morgan fingerprint density at radius 1 is 1.16 bits per heavy atom. The van der Waals surface area contributed by atoms with Crippen LogP contribution in [0.4, 0.5) is 15.8 Å². The van der Waals surface area contributed by atoms with Crippen LogP contribution in [0.2, 0.25) is 10.0 Å². The highest BCUT2D eigenvalue weighted by Crippen LogP contribution is 2.23. The molecule has 1 amide bonds. The summed E-state index contributed by atoms with van der Waals surface area (Å²) in [5.74, 6) is -2.71. The molecular weight excluding hydrogens is 378 g/mol. The van der Waals surface area contributed by atoms with Gasteiger partial charge in [-0.15, -0.1) is 0 Å². The van der Waals surface area contributed by atoms with Crippen molar-refractivity contribution in [2.75, 3.05) is 11.9 Å². The minimum atomic E-state index is -1.11. The van der Waals surface area contributed by atoms with Gasteiger partial charge in [0.15, 0.2) is 6.61 Å². The molecule has 1 N–H and O–H groups in total. The van der Waals surface area contributed by atoms with E-state index >= 15 is 0 Å². The number of carbonyl (C=O) groups is 2. The third-order valence-corrected chi connectivity index (χ3v) is 3.38. The normalized spacial score (nSPS) is 10.2. The van der Waals surface area contributed by atoms with Crippen LogP contribution in [0.25, 0.3) is 0 Å². The van der Waals surface area contributed by atoms with E-state index in [4.69, 9.17) is 27.9 Å². The highest BCUT2D eigenvalue weighted by molar-refractivity contribution is 6.31. The van der Waals surface area contributed by atoms with Crippen molar-refractivity contribution in [1.29, 1.82) is 0 Å². The Hall–Kier alpha value is -2.71. The van der Waals surface area contributed by atoms with E-state index in [2.05, 4.69) is 5.32 Å². The van der Waals surface area contributed by atoms with Gasteiger partial charge in [0, 0.05) is 16.1 Å². The number of carbonyl (C=O) groups excluding carboxylic acids is 2. The third kappa shape index (κ3) is 4.88. The topological polar surface area (TPSA) is 98.5 Å². The SMILES string of the molecule is O=C(COC(=O)c1cc(Cl)ccc1[N+](=O)[O-])Nc1ccc(Cl)cc1F. The maximum absolute atomic E-state index is 13.6. The summed E-state index contributed by atoms with van der Waals surface area (Å²) in [6.07, 6.45) is 0. The molecule has 2 aromatic carbocycles. The van der Waals surface area contributed by atoms with E-state index in [1.165, 1.54) is 18.2 Å². The molecule has 0 radical (unpaired) electrons. The van der Waals surface area contributed by atoms with Crippen LogP contribution in [0.5, 0.6) is 0 Å². The average molecular weight is 387 g/mol. The van der Waals surface area contributed by atoms with Crippen LogP contribution in [0.1, 0.15) is 10.4 Å². The highest BCUT2D eigenvalue weighted by Gasteiger charge is 2.22. The van der Waals surface area contributed by atoms with Crippen molar-refractivity contribution < 1.29 is 23.6 Å². The number of amides is 1. The van der Waals surface area contributed by atoms with Crippen molar-refractivity contribution in [3.05, 3.63) is 67.9 Å². The fraction of sp³-hybridized carbons (Fsp3) is 0.0667. The monoisotopic (exact) mass is 386 g/mol. The van der Waals surface area contributed by atoms with E-state index in [1.807, 2.05) is 0 Å². The first-order valence-corrected chi connectivity index (χ1v) is 7.39. The second-order valence-corrected chi connectivity index (χ2v) is 5.54. The van der Waals surface area contributed by atoms with Crippen molar-refractivity contribution in [1.82, 2.24) is 0 Å². The molecule has 0 fully saturated rings. The second kappa shape index (κ2) is 7.91. The van der Waals surface area contributed by atoms with Gasteiger partial charge in [0.05, 0.1) is 10.6 Å². The Bertz CT molecular complexity index is 860. The number of nitro benzene ring substituents is 1. The number of esters is 1. The molecule has 130 valence electrons. The van der Waals surface area contributed by atoms with Crippen molar-refractivity contribution in [2.45, 2.75) is 0 Å². The lowest BCUT2D eigenvalue weighted by Gasteiger charge is -2.08. The van der Waals surface area contributed by atoms with Crippen LogP contribution in [-0.4, -0.2) is 23.4 Å². The Labute approximate surface area is 150 Å². The van der Waals surface area contributed by atoms with Gasteiger partial charge in [-0.3, -0.25) is 14.9 Å². The standard InChI is InChI=1S/C15H9Cl2FN2O5/c16-8-2-4-13(20(23)24)10(5-8)15(22)25-7-14(21)19-12-3-1-9(17)6-11(12)18/h1-6H,7H2,(H,19,21). The molecule has 10 heteroatoms. The summed E-state index contributed by atoms with van der Waals surface area (Å²) in [7, 11) is 0. The Morgan fingerprint density at radius 3 is 2.44 bits per heavy atom. The summed E-state index contributed by atoms with van der Waals surface area (Å²) in [5, 5.41) is 13.3. The summed E-state index contributed by atoms with van der Waals surface area (Å²) >= 11 is 11.3. The maximum atomic E-state index is 13.6. The fourth-order valence-corrected chi connectivity index (χ4v) is 2.15. The summed E-state index contributed by atoms with van der Waals surface area (Å²) in [4.78, 5) is 33.8. The summed E-state index contributed by atoms with van der Waals surface area (Å²) in [6, 6.07) is 6.94. The summed E-state index contributed by atoms with van der Waals surface area (Å²) in [6.45, 7) is -0.773. The zero-order valence-electron chi connectivity index (χ0n) is 12.3. The minimum absolute atomic E-state index is 0.0882. The number of rotatable bonds is 5. The predicted molar refractivity (Wildman–Crippen MR) is 88.4 cm³/mol. The van der Waals surface area contributed by atoms with E-state index in [9.17, 15) is 24.1 Å². The molecule has 0 heterocycles. The highest BCUT2D eigenvalue weighted by atomic mass is 35.5. The molecule has 2 aromatic rings. The number of ether oxygens (including phenoxy) is 1. The minimum Gasteiger partial charge on any atom is -0.452 e. The quantitative estimate of drug-likeness (QED) is 0.478. The Kier molecular flexibility index (Phi) is 5.89. The molecule has 0 aromatic heterocycles. The number of hydrogen-bond donors (Lipinski definition) is 1. The second-order valence-electron chi connectivity index (χ2n) is 4.67. The molecule has 0 aliphatic carbocycles. The number of hydrogen-bond acceptors (Lipinski definition) is 5. The number of nitrogens with zero attached hydrogens (tertiary/aromatic N) is 1. The van der Waals surface area contributed by atoms with Crippen LogP contribution in [0, 0.1) is 15.9 Å². The number of nitrogens with one attached hydrogen (secondary N) is 1. The van der Waals surface area contributed by atoms with Crippen LogP contribution in [0.3, 0.4) is 0 Å². The Balaban J connectivity index is 2.03. The molecule has 25 heavy (non-hydrogen) atoms. The molecular formula is C15H9Cl2FN2O5. The molecule has 0 atom stereocenters. The van der Waals surface area contributed by atoms with Gasteiger partial charge in [0.25, 0.3) is 11.6 Å². The number of nitro groups is 1. The van der Waals surface area contributed by atoms with E-state index in [-0.39, 0.29) is 15.7 Å². The molecule has 0 aliphatic rings. The van der Waals surface area contributed by atoms with Gasteiger partial charge < -0.3 is 10.1 Å². The molecule has 0 unspecified atom stereocenters. The lowest BCUT2D eigenvalue weighted by atomic mass is 10.2. The molecule has 0 bridgehead atoms. The van der Waals surface area contributed by atoms with Gasteiger partial charge >= 0.3 is 5.97 Å². The average Bonchev–Trinajstić information content (AvgIpc) is 2.54. The van der Waals surface area contributed by atoms with E-state index in [0.29, 0.717) is 0 Å². The van der Waals surface area contributed by atoms with Gasteiger partial charge in [-0.05, 0) is 30.3 Å². The van der Waals surface area contributed by atoms with Crippen LogP contribution in [0.15, 0.2) is 36.4 Å². The number of halogens is 3. The summed E-state index contributed by atoms with van der Waals surface area (Å²) < 4.78 is 18.3. The van der Waals surface area contributed by atoms with Gasteiger partial charge in [-0.25, -0.2) is 9.18 Å². The lowest BCUT2D eigenvalue weighted by Crippen LogP contribution is -2.21. The molecule has 0 saturated carbocycles. The van der Waals surface area contributed by atoms with Crippen molar-refractivity contribution in [2.24, 2.45) is 0 Å². The van der Waals surface area contributed by atoms with Gasteiger partial charge in [0.1, 0.15) is 11.4 Å².